The van der Waals surface area contributed by atoms with Gasteiger partial charge in [-0.25, -0.2) is 9.59 Å². The Morgan fingerprint density at radius 1 is 1.06 bits per heavy atom. The van der Waals surface area contributed by atoms with Crippen molar-refractivity contribution in [3.05, 3.63) is 37.8 Å². The number of carbonyl (C=O) groups is 3. The number of hydrogen-bond donors (Lipinski definition) is 0. The number of methoxy groups -OCH3 is 3. The second-order valence-corrected chi connectivity index (χ2v) is 11.0. The molecule has 2 heterocycles. The van der Waals surface area contributed by atoms with Crippen LogP contribution in [0.15, 0.2) is 32.2 Å². The van der Waals surface area contributed by atoms with Gasteiger partial charge in [-0.3, -0.25) is 4.79 Å². The summed E-state index contributed by atoms with van der Waals surface area (Å²) in [5.41, 5.74) is 1.24. The van der Waals surface area contributed by atoms with E-state index in [1.165, 1.54) is 14.2 Å². The molecule has 0 radical (unpaired) electrons. The summed E-state index contributed by atoms with van der Waals surface area (Å²) in [5.74, 6) is -0.888. The lowest BCUT2D eigenvalue weighted by Gasteiger charge is -2.46. The molecule has 0 aromatic heterocycles. The van der Waals surface area contributed by atoms with E-state index < -0.39 is 17.5 Å². The second-order valence-electron chi connectivity index (χ2n) is 8.26. The molecule has 1 unspecified atom stereocenters. The molecule has 34 heavy (non-hydrogen) atoms. The Morgan fingerprint density at radius 2 is 1.62 bits per heavy atom. The van der Waals surface area contributed by atoms with Crippen LogP contribution in [0.1, 0.15) is 39.7 Å². The number of carbonyl (C=O) groups excluding carboxylic acids is 3. The number of hydrogen-bond acceptors (Lipinski definition) is 9. The quantitative estimate of drug-likeness (QED) is 0.304. The van der Waals surface area contributed by atoms with Gasteiger partial charge in [0.25, 0.3) is 0 Å². The molecule has 182 valence electrons. The molecule has 0 bridgehead atoms. The number of ether oxygens (including phenoxy) is 3. The van der Waals surface area contributed by atoms with Crippen molar-refractivity contribution in [2.45, 2.75) is 39.7 Å². The van der Waals surface area contributed by atoms with Gasteiger partial charge in [0.05, 0.1) is 41.7 Å². The molecule has 7 nitrogen and oxygen atoms in total. The average Bonchev–Trinajstić information content (AvgIpc) is 3.27. The molecule has 2 aliphatic rings. The van der Waals surface area contributed by atoms with Crippen LogP contribution in [0.4, 0.5) is 5.69 Å². The van der Waals surface area contributed by atoms with E-state index in [0.29, 0.717) is 38.1 Å². The first-order valence-corrected chi connectivity index (χ1v) is 12.7. The highest BCUT2D eigenvalue weighted by atomic mass is 32.2. The van der Waals surface area contributed by atoms with Crippen LogP contribution in [0.3, 0.4) is 0 Å². The zero-order valence-electron chi connectivity index (χ0n) is 20.1. The highest BCUT2D eigenvalue weighted by Crippen LogP contribution is 2.56. The summed E-state index contributed by atoms with van der Waals surface area (Å²) in [6.07, 6.45) is 0.693. The number of esters is 2. The predicted octanol–water partition coefficient (Wildman–Crippen LogP) is 4.94. The summed E-state index contributed by atoms with van der Waals surface area (Å²) < 4.78 is 15.9. The van der Waals surface area contributed by atoms with Gasteiger partial charge in [0.2, 0.25) is 5.91 Å². The van der Waals surface area contributed by atoms with Gasteiger partial charge in [-0.1, -0.05) is 49.6 Å². The van der Waals surface area contributed by atoms with Gasteiger partial charge < -0.3 is 19.1 Å². The van der Waals surface area contributed by atoms with Crippen molar-refractivity contribution in [2.75, 3.05) is 26.2 Å². The first-order chi connectivity index (χ1) is 16.0. The molecular weight excluding hydrogens is 494 g/mol. The molecule has 1 aromatic rings. The van der Waals surface area contributed by atoms with Gasteiger partial charge >= 0.3 is 11.9 Å². The fourth-order valence-electron chi connectivity index (χ4n) is 3.72. The number of benzene rings is 1. The van der Waals surface area contributed by atoms with Crippen LogP contribution in [0.25, 0.3) is 5.57 Å². The highest BCUT2D eigenvalue weighted by molar-refractivity contribution is 8.29. The largest absolute Gasteiger partial charge is 0.497 e. The lowest BCUT2D eigenvalue weighted by atomic mass is 9.82. The van der Waals surface area contributed by atoms with Crippen LogP contribution in [0.5, 0.6) is 5.75 Å². The van der Waals surface area contributed by atoms with E-state index in [9.17, 15) is 14.4 Å². The van der Waals surface area contributed by atoms with Crippen LogP contribution in [-0.2, 0) is 23.9 Å². The van der Waals surface area contributed by atoms with E-state index in [4.69, 9.17) is 26.4 Å². The smallest absolute Gasteiger partial charge is 0.346 e. The van der Waals surface area contributed by atoms with Gasteiger partial charge in [-0.2, -0.15) is 0 Å². The van der Waals surface area contributed by atoms with Crippen molar-refractivity contribution < 1.29 is 28.6 Å². The molecule has 0 aliphatic carbocycles. The molecular formula is C24H27NO6S3. The molecule has 3 rings (SSSR count). The first-order valence-electron chi connectivity index (χ1n) is 10.6. The van der Waals surface area contributed by atoms with Crippen LogP contribution in [-0.4, -0.2) is 49.6 Å². The Hall–Kier alpha value is -2.30. The molecule has 2 aliphatic heterocycles. The Bertz CT molecular complexity index is 1110. The second kappa shape index (κ2) is 10.1. The van der Waals surface area contributed by atoms with Crippen molar-refractivity contribution in [2.24, 2.45) is 5.92 Å². The van der Waals surface area contributed by atoms with Crippen LogP contribution < -0.4 is 9.64 Å². The molecule has 0 saturated carbocycles. The predicted molar refractivity (Wildman–Crippen MR) is 140 cm³/mol. The Balaban J connectivity index is 2.28. The Labute approximate surface area is 213 Å². The zero-order chi connectivity index (χ0) is 25.4. The Kier molecular flexibility index (Phi) is 7.84. The number of anilines is 1. The lowest BCUT2D eigenvalue weighted by molar-refractivity contribution is -0.138. The summed E-state index contributed by atoms with van der Waals surface area (Å²) >= 11 is 8.21. The van der Waals surface area contributed by atoms with Gasteiger partial charge in [-0.15, -0.1) is 0 Å². The Morgan fingerprint density at radius 3 is 2.09 bits per heavy atom. The summed E-state index contributed by atoms with van der Waals surface area (Å²) in [5, 5.41) is 0. The summed E-state index contributed by atoms with van der Waals surface area (Å²) in [7, 11) is 4.08. The maximum absolute atomic E-state index is 13.5. The molecule has 0 N–H and O–H groups in total. The summed E-state index contributed by atoms with van der Waals surface area (Å²) in [6, 6.07) is 5.47. The molecule has 1 aromatic carbocycles. The SMILES string of the molecule is CCC(C)C(=O)N1c2ccc(OC)cc2C(=C2SC(C(=O)OC)=C(C(=O)OC)S2)C(=S)C1(C)C. The van der Waals surface area contributed by atoms with E-state index in [1.54, 1.807) is 18.1 Å². The fraction of sp³-hybridized carbons (Fsp3) is 0.417. The van der Waals surface area contributed by atoms with E-state index in [2.05, 4.69) is 0 Å². The van der Waals surface area contributed by atoms with Crippen LogP contribution >= 0.6 is 35.7 Å². The normalized spacial score (nSPS) is 18.0. The number of fused-ring (bicyclic) bond motifs is 1. The molecule has 0 fully saturated rings. The number of thiocarbonyl (C=S) groups is 1. The summed E-state index contributed by atoms with van der Waals surface area (Å²) in [6.45, 7) is 7.68. The van der Waals surface area contributed by atoms with Crippen molar-refractivity contribution in [1.29, 1.82) is 0 Å². The summed E-state index contributed by atoms with van der Waals surface area (Å²) in [4.78, 5) is 40.9. The minimum Gasteiger partial charge on any atom is -0.497 e. The number of nitrogens with zero attached hydrogens (tertiary/aromatic N) is 1. The molecule has 1 atom stereocenters. The third-order valence-corrected chi connectivity index (χ3v) is 9.11. The lowest BCUT2D eigenvalue weighted by Crippen LogP contribution is -2.57. The first kappa shape index (κ1) is 26.3. The van der Waals surface area contributed by atoms with E-state index in [-0.39, 0.29) is 21.6 Å². The third kappa shape index (κ3) is 4.38. The number of rotatable bonds is 5. The molecule has 0 spiro atoms. The minimum absolute atomic E-state index is 0.0272. The van der Waals surface area contributed by atoms with Crippen LogP contribution in [0.2, 0.25) is 0 Å². The van der Waals surface area contributed by atoms with Gasteiger partial charge in [-0.05, 0) is 38.5 Å². The average molecular weight is 522 g/mol. The van der Waals surface area contributed by atoms with Crippen molar-refractivity contribution >= 4 is 69.7 Å². The monoisotopic (exact) mass is 521 g/mol. The maximum atomic E-state index is 13.5. The number of amides is 1. The van der Waals surface area contributed by atoms with E-state index in [0.717, 1.165) is 23.5 Å². The van der Waals surface area contributed by atoms with Crippen molar-refractivity contribution in [3.63, 3.8) is 0 Å². The van der Waals surface area contributed by atoms with Gasteiger partial charge in [0.1, 0.15) is 15.6 Å². The van der Waals surface area contributed by atoms with Crippen LogP contribution in [0, 0.1) is 5.92 Å². The third-order valence-electron chi connectivity index (χ3n) is 5.85. The zero-order valence-corrected chi connectivity index (χ0v) is 22.6. The highest BCUT2D eigenvalue weighted by Gasteiger charge is 2.46. The van der Waals surface area contributed by atoms with E-state index >= 15 is 0 Å². The van der Waals surface area contributed by atoms with Crippen molar-refractivity contribution in [1.82, 2.24) is 0 Å². The molecule has 1 amide bonds. The van der Waals surface area contributed by atoms with Gasteiger partial charge in [0, 0.05) is 17.1 Å². The standard InChI is InChI=1S/C24H27NO6S3/c1-8-12(2)20(26)25-15-10-9-13(29-5)11-14(15)16(19(32)24(25,3)4)23-33-17(21(27)30-6)18(34-23)22(28)31-7/h9-12H,8H2,1-7H3. The molecule has 0 saturated heterocycles. The van der Waals surface area contributed by atoms with E-state index in [1.807, 2.05) is 39.8 Å². The number of thioether (sulfide) groups is 2. The van der Waals surface area contributed by atoms with Crippen molar-refractivity contribution in [3.8, 4) is 5.75 Å². The minimum atomic E-state index is -0.833. The maximum Gasteiger partial charge on any atom is 0.346 e. The van der Waals surface area contributed by atoms with Gasteiger partial charge in [0.15, 0.2) is 0 Å². The topological polar surface area (TPSA) is 82.1 Å². The molecule has 10 heteroatoms. The fourth-order valence-corrected chi connectivity index (χ4v) is 6.75.